The average molecular weight is 397 g/mol. The molecule has 0 aliphatic rings. The Balaban J connectivity index is 1.55. The van der Waals surface area contributed by atoms with Crippen molar-refractivity contribution < 1.29 is 4.79 Å². The Morgan fingerprint density at radius 3 is 2.54 bits per heavy atom. The van der Waals surface area contributed by atoms with Crippen LogP contribution in [0.15, 0.2) is 60.0 Å². The number of rotatable bonds is 8. The molecule has 146 valence electrons. The predicted octanol–water partition coefficient (Wildman–Crippen LogP) is 2.39. The number of hydrogen-bond acceptors (Lipinski definition) is 6. The SMILES string of the molecule is CN(C)[C@H](CNC(=O)CSc1nnc(-c2ccncc2)n1C)c1ccccc1. The van der Waals surface area contributed by atoms with Gasteiger partial charge in [-0.1, -0.05) is 42.1 Å². The Hall–Kier alpha value is -2.71. The number of carbonyl (C=O) groups excluding carboxylic acids is 1. The van der Waals surface area contributed by atoms with Crippen LogP contribution < -0.4 is 5.32 Å². The topological polar surface area (TPSA) is 75.9 Å². The first-order valence-electron chi connectivity index (χ1n) is 8.97. The van der Waals surface area contributed by atoms with Crippen molar-refractivity contribution in [3.8, 4) is 11.4 Å². The molecule has 8 heteroatoms. The Kier molecular flexibility index (Phi) is 6.78. The third kappa shape index (κ3) is 4.96. The molecule has 0 aliphatic carbocycles. The van der Waals surface area contributed by atoms with Gasteiger partial charge in [-0.2, -0.15) is 0 Å². The van der Waals surface area contributed by atoms with Gasteiger partial charge in [-0.25, -0.2) is 0 Å². The van der Waals surface area contributed by atoms with E-state index in [1.54, 1.807) is 12.4 Å². The lowest BCUT2D eigenvalue weighted by Crippen LogP contribution is -2.35. The normalized spacial score (nSPS) is 12.1. The summed E-state index contributed by atoms with van der Waals surface area (Å²) in [5.74, 6) is 1.01. The van der Waals surface area contributed by atoms with E-state index in [1.165, 1.54) is 17.3 Å². The zero-order chi connectivity index (χ0) is 19.9. The van der Waals surface area contributed by atoms with Gasteiger partial charge in [0.1, 0.15) is 0 Å². The van der Waals surface area contributed by atoms with Crippen LogP contribution in [0.2, 0.25) is 0 Å². The molecule has 28 heavy (non-hydrogen) atoms. The number of amides is 1. The quantitative estimate of drug-likeness (QED) is 0.589. The molecule has 0 aliphatic heterocycles. The number of benzene rings is 1. The molecule has 2 heterocycles. The van der Waals surface area contributed by atoms with E-state index in [-0.39, 0.29) is 17.7 Å². The molecule has 0 radical (unpaired) electrons. The third-order valence-electron chi connectivity index (χ3n) is 4.41. The van der Waals surface area contributed by atoms with E-state index in [4.69, 9.17) is 0 Å². The van der Waals surface area contributed by atoms with Crippen LogP contribution in [0.25, 0.3) is 11.4 Å². The Morgan fingerprint density at radius 2 is 1.86 bits per heavy atom. The monoisotopic (exact) mass is 396 g/mol. The van der Waals surface area contributed by atoms with E-state index in [9.17, 15) is 4.79 Å². The lowest BCUT2D eigenvalue weighted by Gasteiger charge is -2.25. The van der Waals surface area contributed by atoms with Crippen molar-refractivity contribution in [2.24, 2.45) is 7.05 Å². The molecule has 0 saturated heterocycles. The minimum absolute atomic E-state index is 0.0266. The molecule has 0 unspecified atom stereocenters. The summed E-state index contributed by atoms with van der Waals surface area (Å²) < 4.78 is 1.89. The van der Waals surface area contributed by atoms with Crippen LogP contribution in [0.5, 0.6) is 0 Å². The summed E-state index contributed by atoms with van der Waals surface area (Å²) in [6.07, 6.45) is 3.44. The van der Waals surface area contributed by atoms with Gasteiger partial charge in [-0.15, -0.1) is 10.2 Å². The number of aromatic nitrogens is 4. The smallest absolute Gasteiger partial charge is 0.230 e. The van der Waals surface area contributed by atoms with Gasteiger partial charge in [0.25, 0.3) is 0 Å². The van der Waals surface area contributed by atoms with E-state index in [0.717, 1.165) is 11.4 Å². The van der Waals surface area contributed by atoms with Gasteiger partial charge in [0.05, 0.1) is 11.8 Å². The highest BCUT2D eigenvalue weighted by Crippen LogP contribution is 2.22. The van der Waals surface area contributed by atoms with Crippen molar-refractivity contribution in [2.75, 3.05) is 26.4 Å². The second-order valence-corrected chi connectivity index (χ2v) is 7.53. The van der Waals surface area contributed by atoms with Crippen LogP contribution in [-0.4, -0.2) is 56.9 Å². The van der Waals surface area contributed by atoms with Crippen molar-refractivity contribution in [2.45, 2.75) is 11.2 Å². The first-order valence-corrected chi connectivity index (χ1v) is 9.95. The summed E-state index contributed by atoms with van der Waals surface area (Å²) in [5.41, 5.74) is 2.12. The molecule has 0 fully saturated rings. The van der Waals surface area contributed by atoms with Crippen LogP contribution in [0, 0.1) is 0 Å². The molecule has 2 aromatic heterocycles. The maximum atomic E-state index is 12.3. The van der Waals surface area contributed by atoms with E-state index in [2.05, 4.69) is 37.5 Å². The summed E-state index contributed by atoms with van der Waals surface area (Å²) in [7, 11) is 5.92. The highest BCUT2D eigenvalue weighted by atomic mass is 32.2. The summed E-state index contributed by atoms with van der Waals surface area (Å²) in [5, 5.41) is 12.2. The van der Waals surface area contributed by atoms with E-state index in [0.29, 0.717) is 11.7 Å². The molecule has 0 spiro atoms. The Morgan fingerprint density at radius 1 is 1.14 bits per heavy atom. The number of thioether (sulfide) groups is 1. The number of nitrogens with zero attached hydrogens (tertiary/aromatic N) is 5. The van der Waals surface area contributed by atoms with E-state index < -0.39 is 0 Å². The molecule has 3 aromatic rings. The van der Waals surface area contributed by atoms with Gasteiger partial charge in [0.2, 0.25) is 5.91 Å². The van der Waals surface area contributed by atoms with Crippen molar-refractivity contribution in [1.29, 1.82) is 0 Å². The van der Waals surface area contributed by atoms with Crippen molar-refractivity contribution >= 4 is 17.7 Å². The first-order chi connectivity index (χ1) is 13.6. The zero-order valence-corrected chi connectivity index (χ0v) is 17.1. The molecular formula is C20H24N6OS. The summed E-state index contributed by atoms with van der Waals surface area (Å²) in [6, 6.07) is 14.1. The lowest BCUT2D eigenvalue weighted by atomic mass is 10.1. The Bertz CT molecular complexity index is 898. The fourth-order valence-electron chi connectivity index (χ4n) is 2.86. The van der Waals surface area contributed by atoms with Gasteiger partial charge in [-0.3, -0.25) is 9.78 Å². The van der Waals surface area contributed by atoms with Crippen molar-refractivity contribution in [1.82, 2.24) is 30.0 Å². The standard InChI is InChI=1S/C20H24N6OS/c1-25(2)17(15-7-5-4-6-8-15)13-22-18(27)14-28-20-24-23-19(26(20)3)16-9-11-21-12-10-16/h4-12,17H,13-14H2,1-3H3,(H,22,27)/t17-/m1/s1. The van der Waals surface area contributed by atoms with E-state index >= 15 is 0 Å². The predicted molar refractivity (Wildman–Crippen MR) is 111 cm³/mol. The number of pyridine rings is 1. The first kappa shape index (κ1) is 20.0. The lowest BCUT2D eigenvalue weighted by molar-refractivity contribution is -0.118. The highest BCUT2D eigenvalue weighted by molar-refractivity contribution is 7.99. The van der Waals surface area contributed by atoms with Crippen molar-refractivity contribution in [3.63, 3.8) is 0 Å². The van der Waals surface area contributed by atoms with Gasteiger partial charge in [0, 0.05) is 31.5 Å². The zero-order valence-electron chi connectivity index (χ0n) is 16.2. The summed E-state index contributed by atoms with van der Waals surface area (Å²) in [4.78, 5) is 18.5. The fourth-order valence-corrected chi connectivity index (χ4v) is 3.60. The second kappa shape index (κ2) is 9.48. The minimum atomic E-state index is -0.0266. The third-order valence-corrected chi connectivity index (χ3v) is 5.43. The average Bonchev–Trinajstić information content (AvgIpc) is 3.08. The van der Waals surface area contributed by atoms with Gasteiger partial charge >= 0.3 is 0 Å². The number of carbonyl (C=O) groups is 1. The number of hydrogen-bond donors (Lipinski definition) is 1. The van der Waals surface area contributed by atoms with Crippen LogP contribution in [-0.2, 0) is 11.8 Å². The second-order valence-electron chi connectivity index (χ2n) is 6.58. The summed E-state index contributed by atoms with van der Waals surface area (Å²) in [6.45, 7) is 0.553. The number of nitrogens with one attached hydrogen (secondary N) is 1. The Labute approximate surface area is 169 Å². The van der Waals surface area contributed by atoms with Crippen molar-refractivity contribution in [3.05, 3.63) is 60.4 Å². The van der Waals surface area contributed by atoms with Gasteiger partial charge in [-0.05, 0) is 31.8 Å². The van der Waals surface area contributed by atoms with E-state index in [1.807, 2.05) is 56.0 Å². The molecule has 1 aromatic carbocycles. The number of likely N-dealkylation sites (N-methyl/N-ethyl adjacent to an activating group) is 1. The summed E-state index contributed by atoms with van der Waals surface area (Å²) >= 11 is 1.37. The molecule has 1 N–H and O–H groups in total. The minimum Gasteiger partial charge on any atom is -0.353 e. The maximum Gasteiger partial charge on any atom is 0.230 e. The van der Waals surface area contributed by atoms with Crippen LogP contribution in [0.3, 0.4) is 0 Å². The van der Waals surface area contributed by atoms with Crippen LogP contribution in [0.1, 0.15) is 11.6 Å². The highest BCUT2D eigenvalue weighted by Gasteiger charge is 2.16. The fraction of sp³-hybridized carbons (Fsp3) is 0.300. The molecule has 1 atom stereocenters. The van der Waals surface area contributed by atoms with Crippen LogP contribution in [0.4, 0.5) is 0 Å². The van der Waals surface area contributed by atoms with Gasteiger partial charge < -0.3 is 14.8 Å². The largest absolute Gasteiger partial charge is 0.353 e. The molecule has 0 saturated carbocycles. The molecular weight excluding hydrogens is 372 g/mol. The van der Waals surface area contributed by atoms with Gasteiger partial charge in [0.15, 0.2) is 11.0 Å². The molecule has 1 amide bonds. The van der Waals surface area contributed by atoms with Crippen LogP contribution >= 0.6 is 11.8 Å². The molecule has 7 nitrogen and oxygen atoms in total. The maximum absolute atomic E-state index is 12.3. The molecule has 3 rings (SSSR count). The molecule has 0 bridgehead atoms.